The Bertz CT molecular complexity index is 1550. The maximum atomic E-state index is 14.9. The summed E-state index contributed by atoms with van der Waals surface area (Å²) >= 11 is 0. The van der Waals surface area contributed by atoms with E-state index >= 15 is 0 Å². The van der Waals surface area contributed by atoms with Crippen molar-refractivity contribution >= 4 is 30.0 Å². The molecule has 35 heavy (non-hydrogen) atoms. The Morgan fingerprint density at radius 3 is 2.71 bits per heavy atom. The molecule has 5 aromatic rings. The van der Waals surface area contributed by atoms with Crippen LogP contribution in [0.3, 0.4) is 0 Å². The Morgan fingerprint density at radius 2 is 2.03 bits per heavy atom. The number of carbonyl (C=O) groups is 1. The molecule has 0 aliphatic carbocycles. The number of H-pyrrole nitrogens is 1. The SMILES string of the molecule is Cn1cc(-c2nc3nccc(-c4cnc(CNC(=O)c5nnc([P+](C)(C)C)o5)c(F)c4)c3[nH]2)cn1. The highest BCUT2D eigenvalue weighted by Gasteiger charge is 2.31. The third-order valence-corrected chi connectivity index (χ3v) is 6.53. The number of rotatable bonds is 6. The monoisotopic (exact) mass is 494 g/mol. The minimum Gasteiger partial charge on any atom is -0.385 e. The van der Waals surface area contributed by atoms with Crippen LogP contribution < -0.4 is 10.9 Å². The fourth-order valence-electron chi connectivity index (χ4n) is 3.39. The molecule has 11 nitrogen and oxygen atoms in total. The standard InChI is InChI=1S/C22H21FN9O2P/c1-32-11-13(9-27-32)18-28-17-14(5-6-24-19(17)29-18)12-7-15(23)16(25-8-12)10-26-20(33)21-30-31-22(34-21)35(2,3)4/h5-9,11H,10H2,1-4H3,(H-,24,26,28,29,33)/p+1. The summed E-state index contributed by atoms with van der Waals surface area (Å²) in [5.74, 6) is -0.696. The van der Waals surface area contributed by atoms with Crippen LogP contribution in [0.5, 0.6) is 0 Å². The van der Waals surface area contributed by atoms with E-state index in [0.717, 1.165) is 5.56 Å². The number of aryl methyl sites for hydroxylation is 1. The number of aromatic nitrogens is 8. The first-order chi connectivity index (χ1) is 16.7. The second kappa shape index (κ2) is 8.62. The minimum atomic E-state index is -1.55. The number of halogens is 1. The average molecular weight is 494 g/mol. The zero-order valence-corrected chi connectivity index (χ0v) is 20.3. The van der Waals surface area contributed by atoms with Crippen LogP contribution in [0.4, 0.5) is 4.39 Å². The van der Waals surface area contributed by atoms with Crippen molar-refractivity contribution in [3.63, 3.8) is 0 Å². The fraction of sp³-hybridized carbons (Fsp3) is 0.227. The number of imidazole rings is 1. The normalized spacial score (nSPS) is 11.8. The van der Waals surface area contributed by atoms with Gasteiger partial charge in [0.2, 0.25) is 0 Å². The van der Waals surface area contributed by atoms with E-state index < -0.39 is 19.0 Å². The second-order valence-corrected chi connectivity index (χ2v) is 13.2. The van der Waals surface area contributed by atoms with Gasteiger partial charge in [0.25, 0.3) is 0 Å². The molecule has 0 saturated carbocycles. The van der Waals surface area contributed by atoms with Gasteiger partial charge in [-0.25, -0.2) is 14.4 Å². The molecule has 0 atom stereocenters. The van der Waals surface area contributed by atoms with Crippen molar-refractivity contribution in [3.05, 3.63) is 54.3 Å². The number of hydrogen-bond donors (Lipinski definition) is 2. The van der Waals surface area contributed by atoms with Crippen molar-refractivity contribution in [2.45, 2.75) is 6.54 Å². The van der Waals surface area contributed by atoms with Crippen LogP contribution in [0.1, 0.15) is 16.4 Å². The summed E-state index contributed by atoms with van der Waals surface area (Å²) in [6, 6.07) is 3.12. The predicted octanol–water partition coefficient (Wildman–Crippen LogP) is 2.40. The van der Waals surface area contributed by atoms with Crippen LogP contribution >= 0.6 is 7.26 Å². The molecule has 0 unspecified atom stereocenters. The molecule has 5 aromatic heterocycles. The minimum absolute atomic E-state index is 0.0797. The molecule has 0 aromatic carbocycles. The molecule has 0 spiro atoms. The Hall–Kier alpha value is -4.05. The highest BCUT2D eigenvalue weighted by atomic mass is 31.2. The molecular weight excluding hydrogens is 472 g/mol. The first-order valence-corrected chi connectivity index (χ1v) is 13.7. The average Bonchev–Trinajstić information content (AvgIpc) is 3.56. The molecule has 178 valence electrons. The summed E-state index contributed by atoms with van der Waals surface area (Å²) < 4.78 is 22.0. The van der Waals surface area contributed by atoms with E-state index in [1.807, 2.05) is 33.2 Å². The zero-order valence-electron chi connectivity index (χ0n) is 19.4. The predicted molar refractivity (Wildman–Crippen MR) is 129 cm³/mol. The molecule has 0 aliphatic rings. The smallest absolute Gasteiger partial charge is 0.364 e. The number of nitrogens with zero attached hydrogens (tertiary/aromatic N) is 7. The fourth-order valence-corrected chi connectivity index (χ4v) is 4.07. The summed E-state index contributed by atoms with van der Waals surface area (Å²) in [7, 11) is 0.272. The summed E-state index contributed by atoms with van der Waals surface area (Å²) in [6.45, 7) is 5.88. The molecule has 2 N–H and O–H groups in total. The van der Waals surface area contributed by atoms with Crippen LogP contribution in [-0.2, 0) is 13.6 Å². The van der Waals surface area contributed by atoms with Crippen molar-refractivity contribution in [1.29, 1.82) is 0 Å². The number of aromatic amines is 1. The summed E-state index contributed by atoms with van der Waals surface area (Å²) in [4.78, 5) is 28.6. The number of pyridine rings is 2. The summed E-state index contributed by atoms with van der Waals surface area (Å²) in [5.41, 5.74) is 3.73. The number of carbonyl (C=O) groups excluding carboxylic acids is 1. The molecule has 0 aliphatic heterocycles. The lowest BCUT2D eigenvalue weighted by molar-refractivity contribution is 0.0916. The number of fused-ring (bicyclic) bond motifs is 1. The summed E-state index contributed by atoms with van der Waals surface area (Å²) in [6.07, 6.45) is 6.68. The van der Waals surface area contributed by atoms with E-state index in [9.17, 15) is 9.18 Å². The van der Waals surface area contributed by atoms with Gasteiger partial charge in [0.1, 0.15) is 18.9 Å². The van der Waals surface area contributed by atoms with Gasteiger partial charge in [0.15, 0.2) is 5.65 Å². The first kappa shape index (κ1) is 22.7. The largest absolute Gasteiger partial charge is 0.385 e. The van der Waals surface area contributed by atoms with Gasteiger partial charge in [-0.05, 0) is 12.1 Å². The maximum Gasteiger partial charge on any atom is 0.364 e. The molecule has 5 rings (SSSR count). The summed E-state index contributed by atoms with van der Waals surface area (Å²) in [5, 5.41) is 14.5. The van der Waals surface area contributed by atoms with Gasteiger partial charge in [0.05, 0.1) is 49.5 Å². The highest BCUT2D eigenvalue weighted by molar-refractivity contribution is 7.80. The van der Waals surface area contributed by atoms with Crippen molar-refractivity contribution < 1.29 is 13.6 Å². The number of amides is 1. The molecule has 5 heterocycles. The molecule has 0 bridgehead atoms. The second-order valence-electron chi connectivity index (χ2n) is 8.78. The van der Waals surface area contributed by atoms with E-state index in [1.54, 1.807) is 29.3 Å². The Morgan fingerprint density at radius 1 is 1.20 bits per heavy atom. The van der Waals surface area contributed by atoms with E-state index in [2.05, 4.69) is 40.5 Å². The first-order valence-electron chi connectivity index (χ1n) is 10.6. The zero-order chi connectivity index (χ0) is 24.7. The van der Waals surface area contributed by atoms with Crippen molar-refractivity contribution in [1.82, 2.24) is 45.2 Å². The van der Waals surface area contributed by atoms with Gasteiger partial charge in [-0.15, -0.1) is 0 Å². The molecule has 0 fully saturated rings. The highest BCUT2D eigenvalue weighted by Crippen LogP contribution is 2.44. The lowest BCUT2D eigenvalue weighted by Gasteiger charge is -2.07. The van der Waals surface area contributed by atoms with E-state index in [-0.39, 0.29) is 18.1 Å². The van der Waals surface area contributed by atoms with Crippen molar-refractivity contribution in [3.8, 4) is 22.5 Å². The quantitative estimate of drug-likeness (QED) is 0.343. The Kier molecular flexibility index (Phi) is 5.60. The molecular formula is C22H22FN9O2P+. The van der Waals surface area contributed by atoms with Crippen LogP contribution in [0.15, 0.2) is 41.3 Å². The third-order valence-electron chi connectivity index (χ3n) is 5.20. The van der Waals surface area contributed by atoms with Gasteiger partial charge in [-0.3, -0.25) is 14.5 Å². The van der Waals surface area contributed by atoms with Gasteiger partial charge in [-0.2, -0.15) is 5.10 Å². The van der Waals surface area contributed by atoms with Crippen LogP contribution in [0.2, 0.25) is 0 Å². The number of nitrogens with one attached hydrogen (secondary N) is 2. The Labute approximate surface area is 199 Å². The van der Waals surface area contributed by atoms with E-state index in [4.69, 9.17) is 4.42 Å². The van der Waals surface area contributed by atoms with Gasteiger partial charge in [0, 0.05) is 36.8 Å². The topological polar surface area (TPSA) is 140 Å². The molecule has 13 heteroatoms. The van der Waals surface area contributed by atoms with Crippen LogP contribution in [0.25, 0.3) is 33.7 Å². The van der Waals surface area contributed by atoms with Crippen LogP contribution in [-0.4, -0.2) is 65.8 Å². The van der Waals surface area contributed by atoms with E-state index in [1.165, 1.54) is 6.07 Å². The van der Waals surface area contributed by atoms with E-state index in [0.29, 0.717) is 33.7 Å². The van der Waals surface area contributed by atoms with Gasteiger partial charge in [-0.1, -0.05) is 10.2 Å². The van der Waals surface area contributed by atoms with Gasteiger partial charge < -0.3 is 14.7 Å². The molecule has 0 saturated heterocycles. The van der Waals surface area contributed by atoms with Crippen LogP contribution in [0, 0.1) is 5.82 Å². The van der Waals surface area contributed by atoms with Crippen molar-refractivity contribution in [2.75, 3.05) is 20.0 Å². The lowest BCUT2D eigenvalue weighted by Crippen LogP contribution is -2.24. The molecule has 1 amide bonds. The van der Waals surface area contributed by atoms with Crippen molar-refractivity contribution in [2.24, 2.45) is 7.05 Å². The number of hydrogen-bond acceptors (Lipinski definition) is 8. The Balaban J connectivity index is 1.36. The van der Waals surface area contributed by atoms with Gasteiger partial charge >= 0.3 is 17.4 Å². The molecule has 0 radical (unpaired) electrons. The maximum absolute atomic E-state index is 14.9. The third kappa shape index (κ3) is 4.52. The lowest BCUT2D eigenvalue weighted by atomic mass is 10.1.